The second-order valence-electron chi connectivity index (χ2n) is 6.35. The summed E-state index contributed by atoms with van der Waals surface area (Å²) in [5.41, 5.74) is 0.771. The Hall–Kier alpha value is -1.64. The summed E-state index contributed by atoms with van der Waals surface area (Å²) in [4.78, 5) is 34.8. The van der Waals surface area contributed by atoms with Gasteiger partial charge in [0.25, 0.3) is 5.91 Å². The average molecular weight is 399 g/mol. The summed E-state index contributed by atoms with van der Waals surface area (Å²) in [5.74, 6) is -0.00897. The zero-order valence-electron chi connectivity index (χ0n) is 14.7. The molecule has 1 atom stereocenters. The minimum atomic E-state index is -0.569. The molecule has 9 heteroatoms. The lowest BCUT2D eigenvalue weighted by Crippen LogP contribution is -2.42. The number of oxime groups is 1. The highest BCUT2D eigenvalue weighted by atomic mass is 35.5. The molecule has 7 nitrogen and oxygen atoms in total. The van der Waals surface area contributed by atoms with Gasteiger partial charge in [0.05, 0.1) is 15.8 Å². The Morgan fingerprint density at radius 3 is 2.92 bits per heavy atom. The number of halogens is 1. The second kappa shape index (κ2) is 8.83. The summed E-state index contributed by atoms with van der Waals surface area (Å²) in [6.07, 6.45) is 0.738. The molecule has 2 aliphatic rings. The molecular weight excluding hydrogens is 376 g/mol. The van der Waals surface area contributed by atoms with E-state index in [0.717, 1.165) is 23.6 Å². The Morgan fingerprint density at radius 1 is 1.35 bits per heavy atom. The van der Waals surface area contributed by atoms with Gasteiger partial charge in [0, 0.05) is 39.1 Å². The molecule has 142 valence electrons. The first kappa shape index (κ1) is 19.1. The Morgan fingerprint density at radius 2 is 2.19 bits per heavy atom. The van der Waals surface area contributed by atoms with Crippen LogP contribution in [0.25, 0.3) is 0 Å². The van der Waals surface area contributed by atoms with Gasteiger partial charge in [0.15, 0.2) is 0 Å². The maximum Gasteiger partial charge on any atom is 0.266 e. The van der Waals surface area contributed by atoms with Crippen molar-refractivity contribution in [1.29, 1.82) is 0 Å². The number of carbonyl (C=O) groups is 2. The number of carbonyl (C=O) groups excluding carboxylic acids is 2. The van der Waals surface area contributed by atoms with Gasteiger partial charge in [-0.05, 0) is 25.5 Å². The van der Waals surface area contributed by atoms with E-state index in [1.165, 1.54) is 11.3 Å². The van der Waals surface area contributed by atoms with Crippen LogP contribution in [0.2, 0.25) is 4.34 Å². The molecule has 0 aliphatic carbocycles. The summed E-state index contributed by atoms with van der Waals surface area (Å²) >= 11 is 7.39. The summed E-state index contributed by atoms with van der Waals surface area (Å²) in [5, 5.41) is 6.88. The highest BCUT2D eigenvalue weighted by molar-refractivity contribution is 7.18. The van der Waals surface area contributed by atoms with Gasteiger partial charge in [0.1, 0.15) is 5.71 Å². The third kappa shape index (κ3) is 4.75. The van der Waals surface area contributed by atoms with Crippen molar-refractivity contribution in [2.24, 2.45) is 5.16 Å². The van der Waals surface area contributed by atoms with Crippen molar-refractivity contribution in [3.05, 3.63) is 21.3 Å². The standard InChI is InChI=1S/C17H23ClN4O3S/c1-2-19-16(23)11-21-6-3-7-22(9-8-21)17(24)13-10-12(20-25-13)14-4-5-15(18)26-14/h4-5,13H,2-3,6-11H2,1H3,(H,19,23). The highest BCUT2D eigenvalue weighted by Crippen LogP contribution is 2.27. The van der Waals surface area contributed by atoms with Crippen LogP contribution in [-0.2, 0) is 14.4 Å². The van der Waals surface area contributed by atoms with E-state index in [0.29, 0.717) is 43.5 Å². The van der Waals surface area contributed by atoms with Crippen LogP contribution >= 0.6 is 22.9 Å². The number of hydrogen-bond acceptors (Lipinski definition) is 6. The van der Waals surface area contributed by atoms with Crippen molar-refractivity contribution in [3.63, 3.8) is 0 Å². The van der Waals surface area contributed by atoms with Crippen molar-refractivity contribution in [2.75, 3.05) is 39.3 Å². The molecule has 0 radical (unpaired) electrons. The molecule has 1 aromatic heterocycles. The van der Waals surface area contributed by atoms with Gasteiger partial charge in [-0.15, -0.1) is 11.3 Å². The molecule has 0 bridgehead atoms. The molecule has 3 rings (SSSR count). The number of hydrogen-bond donors (Lipinski definition) is 1. The molecule has 0 saturated carbocycles. The summed E-state index contributed by atoms with van der Waals surface area (Å²) in [7, 11) is 0. The third-order valence-electron chi connectivity index (χ3n) is 4.44. The SMILES string of the molecule is CCNC(=O)CN1CCCN(C(=O)C2CC(c3ccc(Cl)s3)=NO2)CC1. The van der Waals surface area contributed by atoms with Crippen molar-refractivity contribution in [1.82, 2.24) is 15.1 Å². The van der Waals surface area contributed by atoms with Gasteiger partial charge >= 0.3 is 0 Å². The highest BCUT2D eigenvalue weighted by Gasteiger charge is 2.33. The van der Waals surface area contributed by atoms with Crippen LogP contribution in [0, 0.1) is 0 Å². The van der Waals surface area contributed by atoms with Crippen molar-refractivity contribution < 1.29 is 14.4 Å². The van der Waals surface area contributed by atoms with Crippen molar-refractivity contribution in [3.8, 4) is 0 Å². The van der Waals surface area contributed by atoms with E-state index in [9.17, 15) is 9.59 Å². The van der Waals surface area contributed by atoms with Crippen LogP contribution in [-0.4, -0.2) is 72.7 Å². The molecule has 0 spiro atoms. The van der Waals surface area contributed by atoms with Gasteiger partial charge in [0.2, 0.25) is 12.0 Å². The lowest BCUT2D eigenvalue weighted by molar-refractivity contribution is -0.141. The Labute approximate surface area is 161 Å². The first-order chi connectivity index (χ1) is 12.6. The van der Waals surface area contributed by atoms with Gasteiger partial charge in [-0.1, -0.05) is 16.8 Å². The van der Waals surface area contributed by atoms with Crippen LogP contribution in [0.3, 0.4) is 0 Å². The Bertz CT molecular complexity index is 693. The van der Waals surface area contributed by atoms with Crippen LogP contribution < -0.4 is 5.32 Å². The molecule has 3 heterocycles. The first-order valence-corrected chi connectivity index (χ1v) is 10.0. The monoisotopic (exact) mass is 398 g/mol. The smallest absolute Gasteiger partial charge is 0.266 e. The lowest BCUT2D eigenvalue weighted by Gasteiger charge is -2.23. The van der Waals surface area contributed by atoms with Crippen molar-refractivity contribution in [2.45, 2.75) is 25.9 Å². The Balaban J connectivity index is 1.50. The largest absolute Gasteiger partial charge is 0.382 e. The molecule has 1 saturated heterocycles. The molecule has 1 aromatic rings. The lowest BCUT2D eigenvalue weighted by atomic mass is 10.1. The van der Waals surface area contributed by atoms with Crippen LogP contribution in [0.4, 0.5) is 0 Å². The molecule has 1 N–H and O–H groups in total. The van der Waals surface area contributed by atoms with Gasteiger partial charge in [-0.3, -0.25) is 14.5 Å². The molecular formula is C17H23ClN4O3S. The fourth-order valence-electron chi connectivity index (χ4n) is 3.13. The zero-order valence-corrected chi connectivity index (χ0v) is 16.3. The molecule has 1 fully saturated rings. The van der Waals surface area contributed by atoms with Gasteiger partial charge in [-0.2, -0.15) is 0 Å². The minimum absolute atomic E-state index is 0.0269. The second-order valence-corrected chi connectivity index (χ2v) is 8.06. The molecule has 26 heavy (non-hydrogen) atoms. The zero-order chi connectivity index (χ0) is 18.5. The molecule has 0 aromatic carbocycles. The molecule has 2 amide bonds. The van der Waals surface area contributed by atoms with E-state index in [2.05, 4.69) is 15.4 Å². The van der Waals surface area contributed by atoms with Gasteiger partial charge < -0.3 is 15.1 Å². The van der Waals surface area contributed by atoms with E-state index < -0.39 is 6.10 Å². The normalized spacial score (nSPS) is 21.1. The predicted molar refractivity (Wildman–Crippen MR) is 102 cm³/mol. The van der Waals surface area contributed by atoms with E-state index in [4.69, 9.17) is 16.4 Å². The number of amides is 2. The summed E-state index contributed by atoms with van der Waals surface area (Å²) < 4.78 is 0.692. The van der Waals surface area contributed by atoms with Crippen LogP contribution in [0.1, 0.15) is 24.6 Å². The van der Waals surface area contributed by atoms with Crippen LogP contribution in [0.15, 0.2) is 17.3 Å². The topological polar surface area (TPSA) is 74.2 Å². The predicted octanol–water partition coefficient (Wildman–Crippen LogP) is 1.56. The average Bonchev–Trinajstić information content (AvgIpc) is 3.20. The van der Waals surface area contributed by atoms with Gasteiger partial charge in [-0.25, -0.2) is 0 Å². The summed E-state index contributed by atoms with van der Waals surface area (Å²) in [6.45, 7) is 5.67. The number of nitrogens with one attached hydrogen (secondary N) is 1. The van der Waals surface area contributed by atoms with E-state index in [1.54, 1.807) is 0 Å². The molecule has 1 unspecified atom stereocenters. The first-order valence-electron chi connectivity index (χ1n) is 8.83. The summed E-state index contributed by atoms with van der Waals surface area (Å²) in [6, 6.07) is 3.71. The fraction of sp³-hybridized carbons (Fsp3) is 0.588. The number of thiophene rings is 1. The van der Waals surface area contributed by atoms with E-state index >= 15 is 0 Å². The maximum absolute atomic E-state index is 12.8. The van der Waals surface area contributed by atoms with Crippen LogP contribution in [0.5, 0.6) is 0 Å². The number of nitrogens with zero attached hydrogens (tertiary/aromatic N) is 3. The van der Waals surface area contributed by atoms with E-state index in [1.807, 2.05) is 24.0 Å². The maximum atomic E-state index is 12.8. The number of rotatable bonds is 5. The van der Waals surface area contributed by atoms with Crippen molar-refractivity contribution >= 4 is 40.5 Å². The molecule has 2 aliphatic heterocycles. The minimum Gasteiger partial charge on any atom is -0.382 e. The fourth-order valence-corrected chi connectivity index (χ4v) is 4.17. The Kier molecular flexibility index (Phi) is 6.50. The quantitative estimate of drug-likeness (QED) is 0.816. The van der Waals surface area contributed by atoms with E-state index in [-0.39, 0.29) is 11.8 Å². The number of likely N-dealkylation sites (N-methyl/N-ethyl adjacent to an activating group) is 1. The third-order valence-corrected chi connectivity index (χ3v) is 5.72.